The Kier molecular flexibility index (Phi) is 4.36. The standard InChI is InChI=1S/C13H15NO3S2/c1-10-13(7-12(9-15)18-10)19(16,17)14-8-11-5-3-2-4-6-11/h2-7,14-15H,8-9H2,1H3. The number of thiophene rings is 1. The molecule has 0 atom stereocenters. The van der Waals surface area contributed by atoms with Crippen molar-refractivity contribution in [3.05, 3.63) is 51.7 Å². The molecule has 0 aliphatic rings. The van der Waals surface area contributed by atoms with Gasteiger partial charge >= 0.3 is 0 Å². The van der Waals surface area contributed by atoms with E-state index in [1.807, 2.05) is 30.3 Å². The summed E-state index contributed by atoms with van der Waals surface area (Å²) in [6, 6.07) is 10.9. The van der Waals surface area contributed by atoms with Crippen LogP contribution in [0.25, 0.3) is 0 Å². The van der Waals surface area contributed by atoms with Crippen LogP contribution >= 0.6 is 11.3 Å². The Balaban J connectivity index is 2.16. The first-order valence-corrected chi connectivity index (χ1v) is 8.06. The summed E-state index contributed by atoms with van der Waals surface area (Å²) in [6.45, 7) is 1.85. The summed E-state index contributed by atoms with van der Waals surface area (Å²) in [6.07, 6.45) is 0. The lowest BCUT2D eigenvalue weighted by atomic mass is 10.2. The first kappa shape index (κ1) is 14.2. The van der Waals surface area contributed by atoms with Crippen molar-refractivity contribution in [2.75, 3.05) is 0 Å². The summed E-state index contributed by atoms with van der Waals surface area (Å²) in [5, 5.41) is 9.04. The Morgan fingerprint density at radius 3 is 2.53 bits per heavy atom. The molecule has 0 bridgehead atoms. The van der Waals surface area contributed by atoms with E-state index in [1.54, 1.807) is 6.92 Å². The van der Waals surface area contributed by atoms with E-state index in [2.05, 4.69) is 4.72 Å². The van der Waals surface area contributed by atoms with Crippen molar-refractivity contribution in [2.45, 2.75) is 25.0 Å². The van der Waals surface area contributed by atoms with Crippen molar-refractivity contribution in [2.24, 2.45) is 0 Å². The van der Waals surface area contributed by atoms with Gasteiger partial charge in [-0.15, -0.1) is 11.3 Å². The molecule has 102 valence electrons. The molecular formula is C13H15NO3S2. The monoisotopic (exact) mass is 297 g/mol. The number of aliphatic hydroxyl groups excluding tert-OH is 1. The van der Waals surface area contributed by atoms with Crippen LogP contribution in [0, 0.1) is 6.92 Å². The maximum atomic E-state index is 12.2. The van der Waals surface area contributed by atoms with Crippen molar-refractivity contribution in [1.29, 1.82) is 0 Å². The largest absolute Gasteiger partial charge is 0.391 e. The minimum atomic E-state index is -3.53. The van der Waals surface area contributed by atoms with E-state index in [0.717, 1.165) is 5.56 Å². The van der Waals surface area contributed by atoms with Crippen molar-refractivity contribution >= 4 is 21.4 Å². The van der Waals surface area contributed by atoms with Gasteiger partial charge in [-0.2, -0.15) is 0 Å². The van der Waals surface area contributed by atoms with Crippen LogP contribution in [0.3, 0.4) is 0 Å². The van der Waals surface area contributed by atoms with Crippen LogP contribution < -0.4 is 4.72 Å². The minimum absolute atomic E-state index is 0.139. The molecule has 0 fully saturated rings. The number of aliphatic hydroxyl groups is 1. The molecule has 0 unspecified atom stereocenters. The van der Waals surface area contributed by atoms with Gasteiger partial charge in [-0.05, 0) is 18.6 Å². The SMILES string of the molecule is Cc1sc(CO)cc1S(=O)(=O)NCc1ccccc1. The fourth-order valence-electron chi connectivity index (χ4n) is 1.72. The normalized spacial score (nSPS) is 11.7. The molecule has 2 aromatic rings. The van der Waals surface area contributed by atoms with Gasteiger partial charge in [0, 0.05) is 16.3 Å². The van der Waals surface area contributed by atoms with Crippen LogP contribution in [0.4, 0.5) is 0 Å². The van der Waals surface area contributed by atoms with Crippen LogP contribution in [0.15, 0.2) is 41.3 Å². The molecule has 0 aliphatic heterocycles. The molecule has 4 nitrogen and oxygen atoms in total. The zero-order valence-electron chi connectivity index (χ0n) is 10.5. The van der Waals surface area contributed by atoms with Crippen LogP contribution in [-0.4, -0.2) is 13.5 Å². The molecule has 19 heavy (non-hydrogen) atoms. The van der Waals surface area contributed by atoms with E-state index >= 15 is 0 Å². The van der Waals surface area contributed by atoms with E-state index in [4.69, 9.17) is 5.11 Å². The summed E-state index contributed by atoms with van der Waals surface area (Å²) in [5.41, 5.74) is 0.904. The first-order valence-electron chi connectivity index (χ1n) is 5.76. The average Bonchev–Trinajstić information content (AvgIpc) is 2.80. The lowest BCUT2D eigenvalue weighted by Crippen LogP contribution is -2.23. The number of rotatable bonds is 5. The molecule has 0 spiro atoms. The Morgan fingerprint density at radius 2 is 1.95 bits per heavy atom. The maximum absolute atomic E-state index is 12.2. The summed E-state index contributed by atoms with van der Waals surface area (Å²) in [5.74, 6) is 0. The van der Waals surface area contributed by atoms with Gasteiger partial charge in [0.2, 0.25) is 10.0 Å². The van der Waals surface area contributed by atoms with Crippen LogP contribution in [0.2, 0.25) is 0 Å². The van der Waals surface area contributed by atoms with Gasteiger partial charge in [0.15, 0.2) is 0 Å². The summed E-state index contributed by atoms with van der Waals surface area (Å²) in [4.78, 5) is 1.58. The second-order valence-electron chi connectivity index (χ2n) is 4.10. The Labute approximate surface area is 116 Å². The zero-order valence-corrected chi connectivity index (χ0v) is 12.1. The van der Waals surface area contributed by atoms with E-state index in [0.29, 0.717) is 9.75 Å². The molecule has 1 aromatic heterocycles. The summed E-state index contributed by atoms with van der Waals surface area (Å²) >= 11 is 1.29. The molecular weight excluding hydrogens is 282 g/mol. The van der Waals surface area contributed by atoms with Gasteiger partial charge in [0.05, 0.1) is 11.5 Å². The fraction of sp³-hybridized carbons (Fsp3) is 0.231. The van der Waals surface area contributed by atoms with E-state index in [-0.39, 0.29) is 18.0 Å². The average molecular weight is 297 g/mol. The highest BCUT2D eigenvalue weighted by Crippen LogP contribution is 2.25. The fourth-order valence-corrected chi connectivity index (χ4v) is 4.23. The van der Waals surface area contributed by atoms with Gasteiger partial charge in [-0.1, -0.05) is 30.3 Å². The Bertz CT molecular complexity index is 648. The zero-order chi connectivity index (χ0) is 13.9. The van der Waals surface area contributed by atoms with Gasteiger partial charge < -0.3 is 5.11 Å². The van der Waals surface area contributed by atoms with Gasteiger partial charge in [0.25, 0.3) is 0 Å². The third-order valence-corrected chi connectivity index (χ3v) is 5.37. The van der Waals surface area contributed by atoms with Crippen LogP contribution in [0.5, 0.6) is 0 Å². The molecule has 6 heteroatoms. The molecule has 0 saturated heterocycles. The first-order chi connectivity index (χ1) is 9.03. The number of hydrogen-bond acceptors (Lipinski definition) is 4. The van der Waals surface area contributed by atoms with E-state index in [1.165, 1.54) is 17.4 Å². The van der Waals surface area contributed by atoms with Crippen LogP contribution in [0.1, 0.15) is 15.3 Å². The van der Waals surface area contributed by atoms with Gasteiger partial charge in [0.1, 0.15) is 0 Å². The second-order valence-corrected chi connectivity index (χ2v) is 7.18. The molecule has 0 aliphatic carbocycles. The highest BCUT2D eigenvalue weighted by molar-refractivity contribution is 7.89. The maximum Gasteiger partial charge on any atom is 0.241 e. The highest BCUT2D eigenvalue weighted by atomic mass is 32.2. The Morgan fingerprint density at radius 1 is 1.26 bits per heavy atom. The van der Waals surface area contributed by atoms with Crippen molar-refractivity contribution in [3.63, 3.8) is 0 Å². The minimum Gasteiger partial charge on any atom is -0.391 e. The van der Waals surface area contributed by atoms with E-state index in [9.17, 15) is 8.42 Å². The van der Waals surface area contributed by atoms with Crippen molar-refractivity contribution < 1.29 is 13.5 Å². The molecule has 0 radical (unpaired) electrons. The third-order valence-electron chi connectivity index (χ3n) is 2.68. The van der Waals surface area contributed by atoms with Crippen LogP contribution in [-0.2, 0) is 23.2 Å². The molecule has 0 amide bonds. The predicted octanol–water partition coefficient (Wildman–Crippen LogP) is 2.03. The van der Waals surface area contributed by atoms with Crippen molar-refractivity contribution in [3.8, 4) is 0 Å². The molecule has 0 saturated carbocycles. The molecule has 2 N–H and O–H groups in total. The number of aryl methyl sites for hydroxylation is 1. The topological polar surface area (TPSA) is 66.4 Å². The quantitative estimate of drug-likeness (QED) is 0.887. The summed E-state index contributed by atoms with van der Waals surface area (Å²) < 4.78 is 26.9. The molecule has 1 aromatic carbocycles. The Hall–Kier alpha value is -1.21. The smallest absolute Gasteiger partial charge is 0.241 e. The van der Waals surface area contributed by atoms with Gasteiger partial charge in [-0.25, -0.2) is 13.1 Å². The number of benzene rings is 1. The number of sulfonamides is 1. The molecule has 1 heterocycles. The second kappa shape index (κ2) is 5.83. The number of nitrogens with one attached hydrogen (secondary N) is 1. The lowest BCUT2D eigenvalue weighted by molar-refractivity contribution is 0.285. The van der Waals surface area contributed by atoms with Crippen molar-refractivity contribution in [1.82, 2.24) is 4.72 Å². The third kappa shape index (κ3) is 3.42. The molecule has 2 rings (SSSR count). The summed E-state index contributed by atoms with van der Waals surface area (Å²) in [7, 11) is -3.53. The highest BCUT2D eigenvalue weighted by Gasteiger charge is 2.19. The van der Waals surface area contributed by atoms with E-state index < -0.39 is 10.0 Å². The van der Waals surface area contributed by atoms with Gasteiger partial charge in [-0.3, -0.25) is 0 Å². The lowest BCUT2D eigenvalue weighted by Gasteiger charge is -2.06. The number of hydrogen-bond donors (Lipinski definition) is 2. The predicted molar refractivity (Wildman–Crippen MR) is 75.4 cm³/mol.